The van der Waals surface area contributed by atoms with Crippen LogP contribution in [-0.2, 0) is 4.79 Å². The van der Waals surface area contributed by atoms with E-state index < -0.39 is 11.9 Å². The third kappa shape index (κ3) is 4.99. The number of para-hydroxylation sites is 1. The van der Waals surface area contributed by atoms with Gasteiger partial charge in [0, 0.05) is 5.56 Å². The number of hydrogen-bond donors (Lipinski definition) is 2. The molecule has 5 nitrogen and oxygen atoms in total. The summed E-state index contributed by atoms with van der Waals surface area (Å²) in [4.78, 5) is 23.8. The first-order chi connectivity index (χ1) is 13.5. The second-order valence-electron chi connectivity index (χ2n) is 5.79. The Bertz CT molecular complexity index is 1030. The summed E-state index contributed by atoms with van der Waals surface area (Å²) >= 11 is 6.09. The van der Waals surface area contributed by atoms with Gasteiger partial charge in [-0.25, -0.2) is 4.79 Å². The molecule has 0 saturated carbocycles. The van der Waals surface area contributed by atoms with Crippen molar-refractivity contribution < 1.29 is 19.4 Å². The zero-order valence-corrected chi connectivity index (χ0v) is 15.4. The number of carbonyl (C=O) groups excluding carboxylic acids is 1. The summed E-state index contributed by atoms with van der Waals surface area (Å²) in [6.07, 6.45) is 1.36. The largest absolute Gasteiger partial charge is 0.477 e. The number of aliphatic carboxylic acids is 1. The fraction of sp³-hybridized carbons (Fsp3) is 0. The van der Waals surface area contributed by atoms with E-state index in [-0.39, 0.29) is 5.70 Å². The van der Waals surface area contributed by atoms with Crippen molar-refractivity contribution in [1.82, 2.24) is 5.32 Å². The van der Waals surface area contributed by atoms with Crippen LogP contribution in [0.1, 0.15) is 15.9 Å². The Morgan fingerprint density at radius 2 is 1.64 bits per heavy atom. The monoisotopic (exact) mass is 393 g/mol. The van der Waals surface area contributed by atoms with E-state index >= 15 is 0 Å². The van der Waals surface area contributed by atoms with Crippen LogP contribution in [0.5, 0.6) is 11.5 Å². The summed E-state index contributed by atoms with van der Waals surface area (Å²) in [6, 6.07) is 22.2. The van der Waals surface area contributed by atoms with Crippen LogP contribution in [0.15, 0.2) is 84.6 Å². The highest BCUT2D eigenvalue weighted by Crippen LogP contribution is 2.29. The van der Waals surface area contributed by atoms with Gasteiger partial charge in [-0.05, 0) is 48.0 Å². The lowest BCUT2D eigenvalue weighted by molar-refractivity contribution is -0.132. The van der Waals surface area contributed by atoms with Crippen LogP contribution in [0.3, 0.4) is 0 Å². The summed E-state index contributed by atoms with van der Waals surface area (Å²) in [5.74, 6) is -0.776. The molecule has 0 fully saturated rings. The van der Waals surface area contributed by atoms with Gasteiger partial charge < -0.3 is 15.2 Å². The van der Waals surface area contributed by atoms with Gasteiger partial charge in [-0.1, -0.05) is 54.1 Å². The molecule has 0 atom stereocenters. The van der Waals surface area contributed by atoms with Crippen LogP contribution < -0.4 is 10.1 Å². The average molecular weight is 394 g/mol. The number of halogens is 1. The number of rotatable bonds is 6. The van der Waals surface area contributed by atoms with Crippen LogP contribution in [0.2, 0.25) is 5.02 Å². The highest BCUT2D eigenvalue weighted by Gasteiger charge is 2.13. The maximum absolute atomic E-state index is 12.2. The van der Waals surface area contributed by atoms with E-state index in [1.54, 1.807) is 78.9 Å². The fourth-order valence-corrected chi connectivity index (χ4v) is 2.60. The van der Waals surface area contributed by atoms with Gasteiger partial charge in [0.25, 0.3) is 5.91 Å². The van der Waals surface area contributed by atoms with Crippen molar-refractivity contribution in [2.75, 3.05) is 0 Å². The van der Waals surface area contributed by atoms with Crippen molar-refractivity contribution in [3.05, 3.63) is 101 Å². The molecule has 0 aromatic heterocycles. The van der Waals surface area contributed by atoms with E-state index in [1.807, 2.05) is 0 Å². The number of ether oxygens (including phenoxy) is 1. The minimum Gasteiger partial charge on any atom is -0.477 e. The molecule has 0 saturated heterocycles. The summed E-state index contributed by atoms with van der Waals surface area (Å²) in [7, 11) is 0. The van der Waals surface area contributed by atoms with Crippen LogP contribution in [0.4, 0.5) is 0 Å². The molecule has 1 amide bonds. The Kier molecular flexibility index (Phi) is 6.09. The molecule has 0 bridgehead atoms. The lowest BCUT2D eigenvalue weighted by Gasteiger charge is -2.09. The minimum atomic E-state index is -1.25. The highest BCUT2D eigenvalue weighted by molar-refractivity contribution is 6.32. The average Bonchev–Trinajstić information content (AvgIpc) is 2.70. The van der Waals surface area contributed by atoms with Crippen LogP contribution in [0, 0.1) is 0 Å². The summed E-state index contributed by atoms with van der Waals surface area (Å²) in [5, 5.41) is 12.3. The second-order valence-corrected chi connectivity index (χ2v) is 6.20. The minimum absolute atomic E-state index is 0.247. The second kappa shape index (κ2) is 8.88. The van der Waals surface area contributed by atoms with Crippen molar-refractivity contribution >= 4 is 29.6 Å². The Hall–Kier alpha value is -3.57. The van der Waals surface area contributed by atoms with E-state index in [2.05, 4.69) is 5.32 Å². The molecular weight excluding hydrogens is 378 g/mol. The Labute approximate surface area is 166 Å². The van der Waals surface area contributed by atoms with Gasteiger partial charge in [-0.2, -0.15) is 0 Å². The van der Waals surface area contributed by atoms with Gasteiger partial charge in [-0.3, -0.25) is 4.79 Å². The standard InChI is InChI=1S/C22H16ClNO4/c23-18-11-4-5-12-20(18)28-17-10-6-7-15(13-17)14-19(22(26)27)24-21(25)16-8-2-1-3-9-16/h1-14H,(H,24,25)(H,26,27)/b19-14-. The quantitative estimate of drug-likeness (QED) is 0.578. The molecule has 3 aromatic carbocycles. The number of amides is 1. The number of nitrogens with one attached hydrogen (secondary N) is 1. The number of carbonyl (C=O) groups is 2. The third-order valence-corrected chi connectivity index (χ3v) is 4.06. The highest BCUT2D eigenvalue weighted by atomic mass is 35.5. The maximum atomic E-state index is 12.2. The van der Waals surface area contributed by atoms with Crippen LogP contribution in [0.25, 0.3) is 6.08 Å². The van der Waals surface area contributed by atoms with Crippen molar-refractivity contribution in [1.29, 1.82) is 0 Å². The van der Waals surface area contributed by atoms with Gasteiger partial charge in [0.2, 0.25) is 0 Å². The predicted octanol–water partition coefficient (Wildman–Crippen LogP) is 4.99. The molecular formula is C22H16ClNO4. The van der Waals surface area contributed by atoms with E-state index in [9.17, 15) is 14.7 Å². The molecule has 6 heteroatoms. The van der Waals surface area contributed by atoms with Crippen molar-refractivity contribution in [2.45, 2.75) is 0 Å². The van der Waals surface area contributed by atoms with Crippen LogP contribution in [-0.4, -0.2) is 17.0 Å². The van der Waals surface area contributed by atoms with Gasteiger partial charge in [-0.15, -0.1) is 0 Å². The smallest absolute Gasteiger partial charge is 0.352 e. The Morgan fingerprint density at radius 3 is 2.36 bits per heavy atom. The number of carboxylic acids is 1. The maximum Gasteiger partial charge on any atom is 0.352 e. The molecule has 0 unspecified atom stereocenters. The molecule has 140 valence electrons. The first-order valence-electron chi connectivity index (χ1n) is 8.37. The molecule has 0 aliphatic rings. The lowest BCUT2D eigenvalue weighted by Crippen LogP contribution is -2.27. The molecule has 3 rings (SSSR count). The molecule has 28 heavy (non-hydrogen) atoms. The Morgan fingerprint density at radius 1 is 0.929 bits per heavy atom. The first-order valence-corrected chi connectivity index (χ1v) is 8.74. The number of hydrogen-bond acceptors (Lipinski definition) is 3. The fourth-order valence-electron chi connectivity index (χ4n) is 2.42. The van der Waals surface area contributed by atoms with E-state index in [1.165, 1.54) is 6.08 Å². The number of carboxylic acid groups (broad SMARTS) is 1. The van der Waals surface area contributed by atoms with Gasteiger partial charge >= 0.3 is 5.97 Å². The normalized spacial score (nSPS) is 11.0. The first kappa shape index (κ1) is 19.2. The molecule has 0 radical (unpaired) electrons. The van der Waals surface area contributed by atoms with Gasteiger partial charge in [0.15, 0.2) is 0 Å². The summed E-state index contributed by atoms with van der Waals surface area (Å²) < 4.78 is 5.75. The van der Waals surface area contributed by atoms with E-state index in [0.29, 0.717) is 27.6 Å². The zero-order valence-electron chi connectivity index (χ0n) is 14.6. The third-order valence-electron chi connectivity index (χ3n) is 3.75. The van der Waals surface area contributed by atoms with Gasteiger partial charge in [0.05, 0.1) is 5.02 Å². The van der Waals surface area contributed by atoms with Crippen LogP contribution >= 0.6 is 11.6 Å². The summed E-state index contributed by atoms with van der Waals surface area (Å²) in [6.45, 7) is 0. The topological polar surface area (TPSA) is 75.6 Å². The SMILES string of the molecule is O=C(O)/C(=C/c1cccc(Oc2ccccc2Cl)c1)NC(=O)c1ccccc1. The zero-order chi connectivity index (χ0) is 19.9. The predicted molar refractivity (Wildman–Crippen MR) is 107 cm³/mol. The van der Waals surface area contributed by atoms with Crippen molar-refractivity contribution in [3.8, 4) is 11.5 Å². The van der Waals surface area contributed by atoms with Crippen molar-refractivity contribution in [2.24, 2.45) is 0 Å². The lowest BCUT2D eigenvalue weighted by atomic mass is 10.1. The molecule has 0 aliphatic heterocycles. The summed E-state index contributed by atoms with van der Waals surface area (Å²) in [5.41, 5.74) is 0.671. The molecule has 0 spiro atoms. The van der Waals surface area contributed by atoms with Crippen molar-refractivity contribution in [3.63, 3.8) is 0 Å². The van der Waals surface area contributed by atoms with Gasteiger partial charge in [0.1, 0.15) is 17.2 Å². The Balaban J connectivity index is 1.82. The molecule has 0 heterocycles. The molecule has 2 N–H and O–H groups in total. The van der Waals surface area contributed by atoms with E-state index in [0.717, 1.165) is 0 Å². The molecule has 0 aliphatic carbocycles. The molecule has 3 aromatic rings. The van der Waals surface area contributed by atoms with E-state index in [4.69, 9.17) is 16.3 Å². The number of benzene rings is 3.